The Kier molecular flexibility index (Phi) is 4.20. The van der Waals surface area contributed by atoms with Gasteiger partial charge in [0.05, 0.1) is 7.11 Å². The van der Waals surface area contributed by atoms with E-state index in [2.05, 4.69) is 0 Å². The van der Waals surface area contributed by atoms with Gasteiger partial charge in [0.2, 0.25) is 0 Å². The van der Waals surface area contributed by atoms with Crippen LogP contribution < -0.4 is 4.74 Å². The van der Waals surface area contributed by atoms with Crippen LogP contribution in [0.25, 0.3) is 16.0 Å². The van der Waals surface area contributed by atoms with Crippen molar-refractivity contribution in [1.29, 1.82) is 0 Å². The van der Waals surface area contributed by atoms with E-state index in [0.717, 1.165) is 21.4 Å². The number of carboxylic acid groups (broad SMARTS) is 1. The number of aliphatic carboxylic acids is 1. The summed E-state index contributed by atoms with van der Waals surface area (Å²) in [5.41, 5.74) is 1.41. The largest absolute Gasteiger partial charge is 0.494 e. The molecule has 1 N–H and O–H groups in total. The zero-order valence-electron chi connectivity index (χ0n) is 11.0. The predicted molar refractivity (Wildman–Crippen MR) is 77.6 cm³/mol. The van der Waals surface area contributed by atoms with E-state index in [1.165, 1.54) is 24.5 Å². The highest BCUT2D eigenvalue weighted by molar-refractivity contribution is 7.16. The van der Waals surface area contributed by atoms with Crippen LogP contribution in [0.1, 0.15) is 11.8 Å². The van der Waals surface area contributed by atoms with Crippen molar-refractivity contribution >= 4 is 22.9 Å². The first-order valence-corrected chi connectivity index (χ1v) is 6.68. The van der Waals surface area contributed by atoms with Crippen molar-refractivity contribution in [2.45, 2.75) is 6.92 Å². The van der Waals surface area contributed by atoms with Gasteiger partial charge in [0.25, 0.3) is 0 Å². The monoisotopic (exact) mass is 292 g/mol. The molecular formula is C15H13FO3S. The number of hydrogen-bond acceptors (Lipinski definition) is 3. The van der Waals surface area contributed by atoms with Gasteiger partial charge in [-0.25, -0.2) is 9.18 Å². The molecule has 20 heavy (non-hydrogen) atoms. The molecule has 0 aliphatic carbocycles. The van der Waals surface area contributed by atoms with Crippen molar-refractivity contribution in [1.82, 2.24) is 0 Å². The first-order valence-electron chi connectivity index (χ1n) is 5.86. The van der Waals surface area contributed by atoms with Gasteiger partial charge in [-0.05, 0) is 48.4 Å². The number of benzene rings is 1. The summed E-state index contributed by atoms with van der Waals surface area (Å²) >= 11 is 1.42. The molecule has 0 aliphatic heterocycles. The molecule has 0 atom stereocenters. The van der Waals surface area contributed by atoms with Crippen LogP contribution in [-0.4, -0.2) is 18.2 Å². The first-order chi connectivity index (χ1) is 9.51. The van der Waals surface area contributed by atoms with Crippen molar-refractivity contribution < 1.29 is 19.0 Å². The van der Waals surface area contributed by atoms with E-state index in [1.807, 2.05) is 12.1 Å². The van der Waals surface area contributed by atoms with Gasteiger partial charge < -0.3 is 9.84 Å². The second kappa shape index (κ2) is 5.88. The minimum Gasteiger partial charge on any atom is -0.494 e. The molecule has 0 fully saturated rings. The summed E-state index contributed by atoms with van der Waals surface area (Å²) in [4.78, 5) is 12.4. The standard InChI is InChI=1S/C15H13FO3S/c1-9(7-15(17)18)13-5-6-14(20-13)10-3-4-12(19-2)11(16)8-10/h3-8H,1-2H3,(H,17,18)/b9-7+. The van der Waals surface area contributed by atoms with E-state index in [1.54, 1.807) is 19.1 Å². The van der Waals surface area contributed by atoms with Crippen LogP contribution in [0.3, 0.4) is 0 Å². The van der Waals surface area contributed by atoms with Gasteiger partial charge in [-0.3, -0.25) is 0 Å². The van der Waals surface area contributed by atoms with Crippen molar-refractivity contribution in [2.75, 3.05) is 7.11 Å². The number of thiophene rings is 1. The van der Waals surface area contributed by atoms with Crippen LogP contribution in [0.2, 0.25) is 0 Å². The third kappa shape index (κ3) is 3.05. The smallest absolute Gasteiger partial charge is 0.328 e. The Labute approximate surface area is 119 Å². The number of halogens is 1. The van der Waals surface area contributed by atoms with Crippen LogP contribution >= 0.6 is 11.3 Å². The summed E-state index contributed by atoms with van der Waals surface area (Å²) in [6, 6.07) is 8.43. The lowest BCUT2D eigenvalue weighted by atomic mass is 10.1. The molecule has 0 unspecified atom stereocenters. The van der Waals surface area contributed by atoms with E-state index >= 15 is 0 Å². The zero-order chi connectivity index (χ0) is 14.7. The molecule has 0 amide bonds. The highest BCUT2D eigenvalue weighted by atomic mass is 32.1. The minimum absolute atomic E-state index is 0.201. The van der Waals surface area contributed by atoms with Crippen LogP contribution in [0, 0.1) is 5.82 Å². The topological polar surface area (TPSA) is 46.5 Å². The van der Waals surface area contributed by atoms with E-state index in [9.17, 15) is 9.18 Å². The summed E-state index contributed by atoms with van der Waals surface area (Å²) in [5.74, 6) is -1.20. The third-order valence-electron chi connectivity index (χ3n) is 2.77. The Hall–Kier alpha value is -2.14. The number of ether oxygens (including phenoxy) is 1. The van der Waals surface area contributed by atoms with Crippen LogP contribution in [0.4, 0.5) is 4.39 Å². The number of hydrogen-bond donors (Lipinski definition) is 1. The van der Waals surface area contributed by atoms with Crippen molar-refractivity contribution in [3.63, 3.8) is 0 Å². The summed E-state index contributed by atoms with van der Waals surface area (Å²) in [5, 5.41) is 8.73. The van der Waals surface area contributed by atoms with Gasteiger partial charge in [0, 0.05) is 15.8 Å². The van der Waals surface area contributed by atoms with Crippen molar-refractivity contribution in [3.05, 3.63) is 47.1 Å². The molecule has 0 spiro atoms. The molecule has 0 saturated heterocycles. The zero-order valence-corrected chi connectivity index (χ0v) is 11.8. The second-order valence-electron chi connectivity index (χ2n) is 4.18. The van der Waals surface area contributed by atoms with Gasteiger partial charge in [-0.2, -0.15) is 0 Å². The van der Waals surface area contributed by atoms with Crippen LogP contribution in [0.5, 0.6) is 5.75 Å². The Morgan fingerprint density at radius 2 is 2.10 bits per heavy atom. The molecule has 2 aromatic rings. The SMILES string of the molecule is COc1ccc(-c2ccc(/C(C)=C/C(=O)O)s2)cc1F. The molecule has 0 bridgehead atoms. The third-order valence-corrected chi connectivity index (χ3v) is 4.04. The maximum Gasteiger partial charge on any atom is 0.328 e. The average Bonchev–Trinajstić information content (AvgIpc) is 2.87. The number of rotatable bonds is 4. The second-order valence-corrected chi connectivity index (χ2v) is 5.26. The van der Waals surface area contributed by atoms with E-state index < -0.39 is 11.8 Å². The number of carbonyl (C=O) groups is 1. The molecule has 0 saturated carbocycles. The Bertz CT molecular complexity index is 674. The number of allylic oxidation sites excluding steroid dienone is 1. The first kappa shape index (κ1) is 14.3. The Morgan fingerprint density at radius 3 is 2.70 bits per heavy atom. The molecular weight excluding hydrogens is 279 g/mol. The van der Waals surface area contributed by atoms with Gasteiger partial charge >= 0.3 is 5.97 Å². The molecule has 1 heterocycles. The molecule has 2 rings (SSSR count). The fourth-order valence-corrected chi connectivity index (χ4v) is 2.75. The average molecular weight is 292 g/mol. The number of methoxy groups -OCH3 is 1. The van der Waals surface area contributed by atoms with E-state index in [4.69, 9.17) is 9.84 Å². The molecule has 0 radical (unpaired) electrons. The lowest BCUT2D eigenvalue weighted by Crippen LogP contribution is -1.88. The quantitative estimate of drug-likeness (QED) is 0.865. The van der Waals surface area contributed by atoms with Crippen LogP contribution in [-0.2, 0) is 4.79 Å². The molecule has 5 heteroatoms. The summed E-state index contributed by atoms with van der Waals surface area (Å²) in [6.07, 6.45) is 1.16. The summed E-state index contributed by atoms with van der Waals surface area (Å²) in [7, 11) is 1.42. The molecule has 1 aromatic carbocycles. The van der Waals surface area contributed by atoms with Crippen molar-refractivity contribution in [2.24, 2.45) is 0 Å². The molecule has 0 aliphatic rings. The fourth-order valence-electron chi connectivity index (χ4n) is 1.78. The lowest BCUT2D eigenvalue weighted by molar-refractivity contribution is -0.131. The lowest BCUT2D eigenvalue weighted by Gasteiger charge is -2.03. The van der Waals surface area contributed by atoms with Gasteiger partial charge in [-0.15, -0.1) is 11.3 Å². The minimum atomic E-state index is -0.979. The summed E-state index contributed by atoms with van der Waals surface area (Å²) in [6.45, 7) is 1.73. The molecule has 1 aromatic heterocycles. The summed E-state index contributed by atoms with van der Waals surface area (Å²) < 4.78 is 18.5. The van der Waals surface area contributed by atoms with Crippen LogP contribution in [0.15, 0.2) is 36.4 Å². The number of carboxylic acids is 1. The van der Waals surface area contributed by atoms with Gasteiger partial charge in [-0.1, -0.05) is 0 Å². The highest BCUT2D eigenvalue weighted by Crippen LogP contribution is 2.33. The Balaban J connectivity index is 2.33. The predicted octanol–water partition coefficient (Wildman–Crippen LogP) is 4.05. The molecule has 3 nitrogen and oxygen atoms in total. The fraction of sp³-hybridized carbons (Fsp3) is 0.133. The van der Waals surface area contributed by atoms with E-state index in [0.29, 0.717) is 5.57 Å². The maximum atomic E-state index is 13.7. The van der Waals surface area contributed by atoms with Gasteiger partial charge in [0.15, 0.2) is 11.6 Å². The normalized spacial score (nSPS) is 11.4. The maximum absolute atomic E-state index is 13.7. The molecule has 104 valence electrons. The van der Waals surface area contributed by atoms with Crippen molar-refractivity contribution in [3.8, 4) is 16.2 Å². The highest BCUT2D eigenvalue weighted by Gasteiger charge is 2.09. The Morgan fingerprint density at radius 1 is 1.35 bits per heavy atom. The van der Waals surface area contributed by atoms with E-state index in [-0.39, 0.29) is 5.75 Å². The van der Waals surface area contributed by atoms with Gasteiger partial charge in [0.1, 0.15) is 0 Å².